The first-order valence-corrected chi connectivity index (χ1v) is 6.54. The number of imidazole rings is 1. The second-order valence-corrected chi connectivity index (χ2v) is 5.17. The molecule has 1 heterocycles. The minimum atomic E-state index is -0.0902. The normalized spacial score (nSPS) is 12.8. The zero-order chi connectivity index (χ0) is 13.8. The molecule has 1 unspecified atom stereocenters. The number of hydrogen-bond acceptors (Lipinski definition) is 3. The Morgan fingerprint density at radius 1 is 1.47 bits per heavy atom. The largest absolute Gasteiger partial charge is 0.348 e. The van der Waals surface area contributed by atoms with Gasteiger partial charge < -0.3 is 16.0 Å². The van der Waals surface area contributed by atoms with Gasteiger partial charge in [-0.15, -0.1) is 0 Å². The number of nitrogens with zero attached hydrogens (tertiary/aromatic N) is 1. The maximum absolute atomic E-state index is 12.2. The smallest absolute Gasteiger partial charge is 0.251 e. The van der Waals surface area contributed by atoms with E-state index in [-0.39, 0.29) is 11.9 Å². The van der Waals surface area contributed by atoms with Crippen LogP contribution in [-0.2, 0) is 0 Å². The molecule has 0 saturated heterocycles. The monoisotopic (exact) mass is 260 g/mol. The summed E-state index contributed by atoms with van der Waals surface area (Å²) in [6.07, 6.45) is 2.50. The molecule has 2 rings (SSSR count). The third kappa shape index (κ3) is 3.32. The molecule has 0 fully saturated rings. The van der Waals surface area contributed by atoms with Crippen LogP contribution in [0.2, 0.25) is 0 Å². The van der Waals surface area contributed by atoms with Crippen molar-refractivity contribution in [3.8, 4) is 0 Å². The minimum Gasteiger partial charge on any atom is -0.348 e. The third-order valence-corrected chi connectivity index (χ3v) is 3.06. The maximum atomic E-state index is 12.2. The van der Waals surface area contributed by atoms with Crippen molar-refractivity contribution in [1.82, 2.24) is 15.3 Å². The number of amides is 1. The summed E-state index contributed by atoms with van der Waals surface area (Å²) in [5.74, 6) is 0.413. The quantitative estimate of drug-likeness (QED) is 0.764. The lowest BCUT2D eigenvalue weighted by molar-refractivity contribution is 0.0934. The molecule has 0 radical (unpaired) electrons. The Morgan fingerprint density at radius 2 is 2.26 bits per heavy atom. The van der Waals surface area contributed by atoms with Crippen LogP contribution in [0.15, 0.2) is 24.5 Å². The Kier molecular flexibility index (Phi) is 4.16. The average Bonchev–Trinajstić information content (AvgIpc) is 2.84. The van der Waals surface area contributed by atoms with Gasteiger partial charge in [0, 0.05) is 18.2 Å². The predicted octanol–water partition coefficient (Wildman–Crippen LogP) is 1.67. The van der Waals surface area contributed by atoms with Crippen LogP contribution in [0.4, 0.5) is 0 Å². The first kappa shape index (κ1) is 13.5. The van der Waals surface area contributed by atoms with Gasteiger partial charge in [-0.2, -0.15) is 0 Å². The summed E-state index contributed by atoms with van der Waals surface area (Å²) in [5, 5.41) is 2.97. The fraction of sp³-hybridized carbons (Fsp3) is 0.429. The first-order valence-electron chi connectivity index (χ1n) is 6.54. The van der Waals surface area contributed by atoms with Gasteiger partial charge in [0.25, 0.3) is 5.91 Å². The number of carbonyl (C=O) groups excluding carboxylic acids is 1. The molecule has 5 nitrogen and oxygen atoms in total. The van der Waals surface area contributed by atoms with Crippen molar-refractivity contribution < 1.29 is 4.79 Å². The SMILES string of the molecule is CC(C)CC(CN)NC(=O)c1ccc2nc[nH]c2c1. The maximum Gasteiger partial charge on any atom is 0.251 e. The molecule has 1 amide bonds. The molecule has 0 bridgehead atoms. The summed E-state index contributed by atoms with van der Waals surface area (Å²) < 4.78 is 0. The van der Waals surface area contributed by atoms with E-state index in [2.05, 4.69) is 29.1 Å². The summed E-state index contributed by atoms with van der Waals surface area (Å²) in [4.78, 5) is 19.3. The molecule has 0 aliphatic carbocycles. The fourth-order valence-corrected chi connectivity index (χ4v) is 2.13. The standard InChI is InChI=1S/C14H20N4O/c1-9(2)5-11(7-15)18-14(19)10-3-4-12-13(6-10)17-8-16-12/h3-4,6,8-9,11H,5,7,15H2,1-2H3,(H,16,17)(H,18,19). The lowest BCUT2D eigenvalue weighted by Crippen LogP contribution is -2.41. The van der Waals surface area contributed by atoms with Gasteiger partial charge in [0.05, 0.1) is 17.4 Å². The van der Waals surface area contributed by atoms with E-state index in [4.69, 9.17) is 5.73 Å². The van der Waals surface area contributed by atoms with E-state index in [1.54, 1.807) is 18.5 Å². The molecule has 0 aliphatic rings. The number of nitrogens with one attached hydrogen (secondary N) is 2. The molecule has 4 N–H and O–H groups in total. The van der Waals surface area contributed by atoms with E-state index in [0.717, 1.165) is 17.5 Å². The van der Waals surface area contributed by atoms with E-state index in [1.165, 1.54) is 0 Å². The van der Waals surface area contributed by atoms with Gasteiger partial charge in [-0.1, -0.05) is 13.8 Å². The molecule has 0 spiro atoms. The lowest BCUT2D eigenvalue weighted by Gasteiger charge is -2.18. The van der Waals surface area contributed by atoms with Crippen LogP contribution in [-0.4, -0.2) is 28.5 Å². The Balaban J connectivity index is 2.09. The Bertz CT molecular complexity index is 561. The molecule has 1 aromatic carbocycles. The number of aromatic amines is 1. The van der Waals surface area contributed by atoms with Gasteiger partial charge in [0.15, 0.2) is 0 Å². The van der Waals surface area contributed by atoms with Crippen LogP contribution in [0.25, 0.3) is 11.0 Å². The highest BCUT2D eigenvalue weighted by Gasteiger charge is 2.14. The van der Waals surface area contributed by atoms with E-state index < -0.39 is 0 Å². The second kappa shape index (κ2) is 5.84. The van der Waals surface area contributed by atoms with Crippen LogP contribution < -0.4 is 11.1 Å². The highest BCUT2D eigenvalue weighted by Crippen LogP contribution is 2.12. The van der Waals surface area contributed by atoms with Gasteiger partial charge in [-0.3, -0.25) is 4.79 Å². The Hall–Kier alpha value is -1.88. The number of fused-ring (bicyclic) bond motifs is 1. The molecule has 0 aliphatic heterocycles. The van der Waals surface area contributed by atoms with Gasteiger partial charge in [-0.05, 0) is 30.5 Å². The van der Waals surface area contributed by atoms with Crippen molar-refractivity contribution in [3.05, 3.63) is 30.1 Å². The number of rotatable bonds is 5. The molecule has 102 valence electrons. The highest BCUT2D eigenvalue weighted by molar-refractivity contribution is 5.97. The van der Waals surface area contributed by atoms with Crippen molar-refractivity contribution in [2.75, 3.05) is 6.54 Å². The molecule has 1 aromatic heterocycles. The molecule has 0 saturated carbocycles. The molecule has 2 aromatic rings. The first-order chi connectivity index (χ1) is 9.10. The molecular weight excluding hydrogens is 240 g/mol. The molecular formula is C14H20N4O. The number of hydrogen-bond donors (Lipinski definition) is 3. The Morgan fingerprint density at radius 3 is 2.95 bits per heavy atom. The zero-order valence-corrected chi connectivity index (χ0v) is 11.3. The van der Waals surface area contributed by atoms with Crippen LogP contribution in [0.1, 0.15) is 30.6 Å². The van der Waals surface area contributed by atoms with E-state index in [0.29, 0.717) is 18.0 Å². The van der Waals surface area contributed by atoms with E-state index in [9.17, 15) is 4.79 Å². The van der Waals surface area contributed by atoms with Gasteiger partial charge in [0.2, 0.25) is 0 Å². The van der Waals surface area contributed by atoms with Crippen molar-refractivity contribution in [1.29, 1.82) is 0 Å². The van der Waals surface area contributed by atoms with Crippen molar-refractivity contribution >= 4 is 16.9 Å². The highest BCUT2D eigenvalue weighted by atomic mass is 16.1. The number of carbonyl (C=O) groups is 1. The van der Waals surface area contributed by atoms with Gasteiger partial charge >= 0.3 is 0 Å². The molecule has 19 heavy (non-hydrogen) atoms. The number of aromatic nitrogens is 2. The minimum absolute atomic E-state index is 0.0185. The van der Waals surface area contributed by atoms with Crippen molar-refractivity contribution in [2.45, 2.75) is 26.3 Å². The zero-order valence-electron chi connectivity index (χ0n) is 11.3. The summed E-state index contributed by atoms with van der Waals surface area (Å²) in [6, 6.07) is 5.44. The number of benzene rings is 1. The summed E-state index contributed by atoms with van der Waals surface area (Å²) in [7, 11) is 0. The topological polar surface area (TPSA) is 83.8 Å². The molecule has 5 heteroatoms. The second-order valence-electron chi connectivity index (χ2n) is 5.17. The van der Waals surface area contributed by atoms with Crippen molar-refractivity contribution in [3.63, 3.8) is 0 Å². The van der Waals surface area contributed by atoms with Gasteiger partial charge in [0.1, 0.15) is 0 Å². The van der Waals surface area contributed by atoms with E-state index >= 15 is 0 Å². The van der Waals surface area contributed by atoms with Crippen LogP contribution in [0.5, 0.6) is 0 Å². The van der Waals surface area contributed by atoms with Crippen LogP contribution in [0, 0.1) is 5.92 Å². The Labute approximate surface area is 112 Å². The summed E-state index contributed by atoms with van der Waals surface area (Å²) >= 11 is 0. The number of nitrogens with two attached hydrogens (primary N) is 1. The third-order valence-electron chi connectivity index (χ3n) is 3.06. The number of H-pyrrole nitrogens is 1. The van der Waals surface area contributed by atoms with Crippen molar-refractivity contribution in [2.24, 2.45) is 11.7 Å². The summed E-state index contributed by atoms with van der Waals surface area (Å²) in [6.45, 7) is 4.69. The van der Waals surface area contributed by atoms with Gasteiger partial charge in [-0.25, -0.2) is 4.98 Å². The van der Waals surface area contributed by atoms with Crippen LogP contribution >= 0.6 is 0 Å². The fourth-order valence-electron chi connectivity index (χ4n) is 2.13. The van der Waals surface area contributed by atoms with Crippen LogP contribution in [0.3, 0.4) is 0 Å². The average molecular weight is 260 g/mol. The summed E-state index contributed by atoms with van der Waals surface area (Å²) in [5.41, 5.74) is 8.03. The lowest BCUT2D eigenvalue weighted by atomic mass is 10.0. The van der Waals surface area contributed by atoms with E-state index in [1.807, 2.05) is 6.07 Å². The predicted molar refractivity (Wildman–Crippen MR) is 75.9 cm³/mol. The molecule has 1 atom stereocenters.